The minimum Gasteiger partial charge on any atom is -0.321 e. The van der Waals surface area contributed by atoms with E-state index in [-0.39, 0.29) is 5.91 Å². The van der Waals surface area contributed by atoms with Crippen molar-refractivity contribution in [1.82, 2.24) is 5.32 Å². The lowest BCUT2D eigenvalue weighted by molar-refractivity contribution is -0.120. The van der Waals surface area contributed by atoms with Gasteiger partial charge in [-0.25, -0.2) is 0 Å². The van der Waals surface area contributed by atoms with Gasteiger partial charge in [-0.3, -0.25) is 4.79 Å². The van der Waals surface area contributed by atoms with Crippen LogP contribution in [0.25, 0.3) is 0 Å². The molecule has 0 spiro atoms. The van der Waals surface area contributed by atoms with Gasteiger partial charge in [0.05, 0.1) is 5.03 Å². The quantitative estimate of drug-likeness (QED) is 0.625. The first-order chi connectivity index (χ1) is 4.74. The molecule has 2 nitrogen and oxygen atoms in total. The zero-order valence-corrected chi connectivity index (χ0v) is 7.05. The summed E-state index contributed by atoms with van der Waals surface area (Å²) in [7, 11) is 0. The molecule has 1 heterocycles. The Kier molecular flexibility index (Phi) is 2.38. The Bertz CT molecular complexity index is 186. The van der Waals surface area contributed by atoms with E-state index in [4.69, 9.17) is 0 Å². The van der Waals surface area contributed by atoms with Gasteiger partial charge < -0.3 is 5.32 Å². The van der Waals surface area contributed by atoms with E-state index < -0.39 is 0 Å². The van der Waals surface area contributed by atoms with Crippen LogP contribution in [-0.4, -0.2) is 12.2 Å². The Labute approximate surface area is 65.1 Å². The van der Waals surface area contributed by atoms with Crippen molar-refractivity contribution in [3.05, 3.63) is 10.6 Å². The van der Waals surface area contributed by atoms with Crippen LogP contribution in [0.15, 0.2) is 10.6 Å². The van der Waals surface area contributed by atoms with Gasteiger partial charge in [0, 0.05) is 6.42 Å². The highest BCUT2D eigenvalue weighted by Crippen LogP contribution is 2.21. The summed E-state index contributed by atoms with van der Waals surface area (Å²) in [4.78, 5) is 10.8. The molecule has 1 amide bonds. The van der Waals surface area contributed by atoms with E-state index in [1.54, 1.807) is 11.8 Å². The zero-order valence-electron chi connectivity index (χ0n) is 6.23. The highest BCUT2D eigenvalue weighted by atomic mass is 32.2. The summed E-state index contributed by atoms with van der Waals surface area (Å²) in [5, 5.41) is 3.86. The van der Waals surface area contributed by atoms with Gasteiger partial charge in [0.2, 0.25) is 5.91 Å². The molecule has 0 atom stereocenters. The number of amides is 1. The molecule has 0 aromatic heterocycles. The highest BCUT2D eigenvalue weighted by molar-refractivity contribution is 8.02. The lowest BCUT2D eigenvalue weighted by atomic mass is 10.1. The van der Waals surface area contributed by atoms with Crippen LogP contribution in [0, 0.1) is 0 Å². The smallest absolute Gasteiger partial charge is 0.225 e. The van der Waals surface area contributed by atoms with E-state index in [9.17, 15) is 4.79 Å². The molecule has 0 unspecified atom stereocenters. The maximum absolute atomic E-state index is 10.8. The van der Waals surface area contributed by atoms with Gasteiger partial charge in [-0.2, -0.15) is 0 Å². The van der Waals surface area contributed by atoms with Crippen LogP contribution in [-0.2, 0) is 4.79 Å². The number of hydrogen-bond donors (Lipinski definition) is 1. The molecular formula is C7H11NOS. The van der Waals surface area contributed by atoms with E-state index in [2.05, 4.69) is 12.2 Å². The van der Waals surface area contributed by atoms with E-state index in [0.29, 0.717) is 6.42 Å². The number of rotatable bonds is 1. The van der Waals surface area contributed by atoms with Crippen molar-refractivity contribution in [2.45, 2.75) is 19.8 Å². The Morgan fingerprint density at radius 1 is 1.50 bits per heavy atom. The lowest BCUT2D eigenvalue weighted by Crippen LogP contribution is -2.25. The third-order valence-electron chi connectivity index (χ3n) is 1.57. The van der Waals surface area contributed by atoms with Crippen molar-refractivity contribution in [3.63, 3.8) is 0 Å². The summed E-state index contributed by atoms with van der Waals surface area (Å²) in [6, 6.07) is 0. The Hall–Kier alpha value is -0.440. The summed E-state index contributed by atoms with van der Waals surface area (Å²) in [6.45, 7) is 2.06. The van der Waals surface area contributed by atoms with Crippen molar-refractivity contribution < 1.29 is 4.79 Å². The molecule has 0 aromatic rings. The molecule has 1 aliphatic rings. The molecule has 10 heavy (non-hydrogen) atoms. The van der Waals surface area contributed by atoms with Gasteiger partial charge in [0.15, 0.2) is 0 Å². The molecular weight excluding hydrogens is 146 g/mol. The molecule has 3 heteroatoms. The first-order valence-corrected chi connectivity index (χ1v) is 4.50. The maximum Gasteiger partial charge on any atom is 0.225 e. The molecule has 1 N–H and O–H groups in total. The van der Waals surface area contributed by atoms with Gasteiger partial charge >= 0.3 is 0 Å². The van der Waals surface area contributed by atoms with Crippen molar-refractivity contribution in [2.24, 2.45) is 0 Å². The fourth-order valence-electron chi connectivity index (χ4n) is 0.936. The Morgan fingerprint density at radius 2 is 2.20 bits per heavy atom. The molecule has 1 rings (SSSR count). The van der Waals surface area contributed by atoms with E-state index in [1.807, 2.05) is 6.26 Å². The predicted molar refractivity (Wildman–Crippen MR) is 43.6 cm³/mol. The maximum atomic E-state index is 10.8. The van der Waals surface area contributed by atoms with E-state index in [0.717, 1.165) is 11.4 Å². The summed E-state index contributed by atoms with van der Waals surface area (Å²) < 4.78 is 0. The van der Waals surface area contributed by atoms with Crippen molar-refractivity contribution in [1.29, 1.82) is 0 Å². The van der Waals surface area contributed by atoms with E-state index in [1.165, 1.54) is 5.57 Å². The fraction of sp³-hybridized carbons (Fsp3) is 0.571. The summed E-state index contributed by atoms with van der Waals surface area (Å²) in [5.74, 6) is 0.148. The molecule has 0 saturated carbocycles. The fourth-order valence-corrected chi connectivity index (χ4v) is 1.60. The van der Waals surface area contributed by atoms with Gasteiger partial charge in [0.1, 0.15) is 0 Å². The number of nitrogens with one attached hydrogen (secondary N) is 1. The van der Waals surface area contributed by atoms with Gasteiger partial charge in [-0.1, -0.05) is 0 Å². The number of thioether (sulfide) groups is 1. The highest BCUT2D eigenvalue weighted by Gasteiger charge is 2.12. The average Bonchev–Trinajstić information content (AvgIpc) is 1.94. The number of carbonyl (C=O) groups is 1. The van der Waals surface area contributed by atoms with Crippen molar-refractivity contribution in [3.8, 4) is 0 Å². The molecule has 0 aliphatic carbocycles. The van der Waals surface area contributed by atoms with Crippen molar-refractivity contribution >= 4 is 17.7 Å². The van der Waals surface area contributed by atoms with E-state index >= 15 is 0 Å². The van der Waals surface area contributed by atoms with Crippen LogP contribution in [0.4, 0.5) is 0 Å². The largest absolute Gasteiger partial charge is 0.321 e. The summed E-state index contributed by atoms with van der Waals surface area (Å²) >= 11 is 1.61. The summed E-state index contributed by atoms with van der Waals surface area (Å²) in [6.07, 6.45) is 3.54. The van der Waals surface area contributed by atoms with Gasteiger partial charge in [0.25, 0.3) is 0 Å². The van der Waals surface area contributed by atoms with Crippen LogP contribution in [0.3, 0.4) is 0 Å². The first-order valence-electron chi connectivity index (χ1n) is 3.27. The number of hydrogen-bond acceptors (Lipinski definition) is 2. The monoisotopic (exact) mass is 157 g/mol. The second kappa shape index (κ2) is 3.10. The predicted octanol–water partition coefficient (Wildman–Crippen LogP) is 1.49. The molecule has 0 saturated heterocycles. The van der Waals surface area contributed by atoms with Crippen molar-refractivity contribution in [2.75, 3.05) is 6.26 Å². The second-order valence-corrected chi connectivity index (χ2v) is 3.18. The summed E-state index contributed by atoms with van der Waals surface area (Å²) in [5.41, 5.74) is 1.30. The first kappa shape index (κ1) is 7.66. The standard InChI is InChI=1S/C7H11NOS/c1-5-3-4-6(9)8-7(5)10-2/h3-4H2,1-2H3,(H,8,9). The van der Waals surface area contributed by atoms with Crippen LogP contribution < -0.4 is 5.32 Å². The molecule has 56 valence electrons. The molecule has 0 aromatic carbocycles. The second-order valence-electron chi connectivity index (χ2n) is 2.36. The third kappa shape index (κ3) is 1.53. The van der Waals surface area contributed by atoms with Crippen LogP contribution in [0.2, 0.25) is 0 Å². The SMILES string of the molecule is CSC1=C(C)CCC(=O)N1. The minimum absolute atomic E-state index is 0.148. The minimum atomic E-state index is 0.148. The Balaban J connectivity index is 2.72. The van der Waals surface area contributed by atoms with Crippen LogP contribution >= 0.6 is 11.8 Å². The van der Waals surface area contributed by atoms with Crippen LogP contribution in [0.1, 0.15) is 19.8 Å². The number of carbonyl (C=O) groups excluding carboxylic acids is 1. The zero-order chi connectivity index (χ0) is 7.56. The topological polar surface area (TPSA) is 29.1 Å². The molecule has 1 aliphatic heterocycles. The Morgan fingerprint density at radius 3 is 2.70 bits per heavy atom. The van der Waals surface area contributed by atoms with Gasteiger partial charge in [-0.05, 0) is 25.2 Å². The normalized spacial score (nSPS) is 19.2. The molecule has 0 bridgehead atoms. The van der Waals surface area contributed by atoms with Crippen LogP contribution in [0.5, 0.6) is 0 Å². The molecule has 0 radical (unpaired) electrons. The number of allylic oxidation sites excluding steroid dienone is 1. The molecule has 0 fully saturated rings. The third-order valence-corrected chi connectivity index (χ3v) is 2.43. The van der Waals surface area contributed by atoms with Gasteiger partial charge in [-0.15, -0.1) is 11.8 Å². The lowest BCUT2D eigenvalue weighted by Gasteiger charge is -2.16. The average molecular weight is 157 g/mol.